The van der Waals surface area contributed by atoms with Gasteiger partial charge in [0, 0.05) is 14.5 Å². The summed E-state index contributed by atoms with van der Waals surface area (Å²) in [4.78, 5) is 7.87. The fraction of sp³-hybridized carbons (Fsp3) is 0.136. The summed E-state index contributed by atoms with van der Waals surface area (Å²) in [5.74, 6) is 0.982. The molecule has 0 aliphatic rings. The van der Waals surface area contributed by atoms with E-state index in [2.05, 4.69) is 42.9 Å². The minimum atomic E-state index is 0.208. The zero-order chi connectivity index (χ0) is 21.3. The molecule has 0 saturated carbocycles. The minimum absolute atomic E-state index is 0.208. The molecule has 0 atom stereocenters. The molecule has 4 rings (SSSR count). The van der Waals surface area contributed by atoms with E-state index in [0.29, 0.717) is 41.5 Å². The SMILES string of the molecule is CCOc1[nH]c2nc(-c3ccc(Br)cc3)n(Cc3ccc(Br)cc3)c(=N)c2c1C#N. The average Bonchev–Trinajstić information content (AvgIpc) is 3.10. The third-order valence-electron chi connectivity index (χ3n) is 4.68. The topological polar surface area (TPSA) is 90.5 Å². The number of nitrogens with zero attached hydrogens (tertiary/aromatic N) is 3. The van der Waals surface area contributed by atoms with Crippen molar-refractivity contribution in [2.45, 2.75) is 13.5 Å². The van der Waals surface area contributed by atoms with Crippen LogP contribution in [0.2, 0.25) is 0 Å². The smallest absolute Gasteiger partial charge is 0.211 e. The van der Waals surface area contributed by atoms with E-state index in [-0.39, 0.29) is 5.49 Å². The van der Waals surface area contributed by atoms with Gasteiger partial charge in [0.25, 0.3) is 0 Å². The van der Waals surface area contributed by atoms with Gasteiger partial charge in [-0.2, -0.15) is 5.26 Å². The maximum atomic E-state index is 9.70. The second-order valence-corrected chi connectivity index (χ2v) is 8.43. The number of hydrogen-bond donors (Lipinski definition) is 2. The molecule has 0 amide bonds. The van der Waals surface area contributed by atoms with Crippen molar-refractivity contribution in [2.24, 2.45) is 0 Å². The van der Waals surface area contributed by atoms with Gasteiger partial charge in [-0.05, 0) is 36.8 Å². The first-order valence-electron chi connectivity index (χ1n) is 9.26. The molecule has 0 aliphatic heterocycles. The fourth-order valence-corrected chi connectivity index (χ4v) is 3.82. The van der Waals surface area contributed by atoms with Crippen LogP contribution in [-0.4, -0.2) is 21.1 Å². The van der Waals surface area contributed by atoms with Crippen molar-refractivity contribution < 1.29 is 4.74 Å². The Bertz CT molecular complexity index is 1320. The summed E-state index contributed by atoms with van der Waals surface area (Å²) in [5.41, 5.74) is 2.87. The molecule has 0 saturated heterocycles. The predicted molar refractivity (Wildman–Crippen MR) is 122 cm³/mol. The number of ether oxygens (including phenoxy) is 1. The normalized spacial score (nSPS) is 10.9. The van der Waals surface area contributed by atoms with Crippen molar-refractivity contribution in [2.75, 3.05) is 6.61 Å². The zero-order valence-corrected chi connectivity index (χ0v) is 19.2. The molecule has 0 fully saturated rings. The molecule has 0 unspecified atom stereocenters. The fourth-order valence-electron chi connectivity index (χ4n) is 3.29. The zero-order valence-electron chi connectivity index (χ0n) is 16.0. The van der Waals surface area contributed by atoms with Crippen molar-refractivity contribution >= 4 is 42.9 Å². The summed E-state index contributed by atoms with van der Waals surface area (Å²) in [6.45, 7) is 2.70. The van der Waals surface area contributed by atoms with Crippen LogP contribution in [0.1, 0.15) is 18.1 Å². The summed E-state index contributed by atoms with van der Waals surface area (Å²) in [7, 11) is 0. The lowest BCUT2D eigenvalue weighted by molar-refractivity contribution is 0.328. The second-order valence-electron chi connectivity index (χ2n) is 6.60. The Morgan fingerprint density at radius 1 is 1.10 bits per heavy atom. The van der Waals surface area contributed by atoms with Crippen molar-refractivity contribution in [3.8, 4) is 23.3 Å². The first-order valence-corrected chi connectivity index (χ1v) is 10.8. The van der Waals surface area contributed by atoms with E-state index in [1.807, 2.05) is 60.0 Å². The van der Waals surface area contributed by atoms with Crippen LogP contribution < -0.4 is 10.2 Å². The number of nitrogens with one attached hydrogen (secondary N) is 2. The summed E-state index contributed by atoms with van der Waals surface area (Å²) in [6, 6.07) is 17.9. The van der Waals surface area contributed by atoms with Crippen molar-refractivity contribution in [1.29, 1.82) is 10.7 Å². The molecule has 2 heterocycles. The van der Waals surface area contributed by atoms with E-state index < -0.39 is 0 Å². The monoisotopic (exact) mass is 525 g/mol. The number of benzene rings is 2. The molecule has 4 aromatic rings. The van der Waals surface area contributed by atoms with E-state index in [0.717, 1.165) is 20.1 Å². The number of fused-ring (bicyclic) bond motifs is 1. The molecule has 2 aromatic carbocycles. The number of rotatable bonds is 5. The van der Waals surface area contributed by atoms with Crippen LogP contribution in [0, 0.1) is 16.7 Å². The second kappa shape index (κ2) is 8.46. The molecule has 0 spiro atoms. The maximum Gasteiger partial charge on any atom is 0.211 e. The number of halogens is 2. The minimum Gasteiger partial charge on any atom is -0.478 e. The summed E-state index contributed by atoms with van der Waals surface area (Å²) >= 11 is 6.92. The average molecular weight is 527 g/mol. The van der Waals surface area contributed by atoms with Crippen LogP contribution in [0.3, 0.4) is 0 Å². The Labute approximate surface area is 189 Å². The molecule has 2 N–H and O–H groups in total. The summed E-state index contributed by atoms with van der Waals surface area (Å²) in [6.07, 6.45) is 0. The van der Waals surface area contributed by atoms with Crippen molar-refractivity contribution in [3.63, 3.8) is 0 Å². The van der Waals surface area contributed by atoms with Crippen LogP contribution in [0.15, 0.2) is 57.5 Å². The van der Waals surface area contributed by atoms with Gasteiger partial charge in [0.05, 0.1) is 18.5 Å². The quantitative estimate of drug-likeness (QED) is 0.367. The summed E-state index contributed by atoms with van der Waals surface area (Å²) < 4.78 is 9.35. The maximum absolute atomic E-state index is 9.70. The molecular weight excluding hydrogens is 510 g/mol. The van der Waals surface area contributed by atoms with E-state index in [4.69, 9.17) is 15.1 Å². The summed E-state index contributed by atoms with van der Waals surface area (Å²) in [5, 5.41) is 19.1. The van der Waals surface area contributed by atoms with Crippen LogP contribution in [0.5, 0.6) is 5.88 Å². The van der Waals surface area contributed by atoms with Gasteiger partial charge in [0.2, 0.25) is 5.88 Å². The highest BCUT2D eigenvalue weighted by atomic mass is 79.9. The van der Waals surface area contributed by atoms with Crippen molar-refractivity contribution in [1.82, 2.24) is 14.5 Å². The molecular formula is C22H17Br2N5O. The molecule has 2 aromatic heterocycles. The Hall–Kier alpha value is -2.89. The Balaban J connectivity index is 1.99. The lowest BCUT2D eigenvalue weighted by Crippen LogP contribution is -2.24. The largest absolute Gasteiger partial charge is 0.478 e. The van der Waals surface area contributed by atoms with E-state index in [1.165, 1.54) is 0 Å². The number of hydrogen-bond acceptors (Lipinski definition) is 4. The van der Waals surface area contributed by atoms with Gasteiger partial charge >= 0.3 is 0 Å². The van der Waals surface area contributed by atoms with E-state index in [1.54, 1.807) is 0 Å². The van der Waals surface area contributed by atoms with Gasteiger partial charge < -0.3 is 14.3 Å². The molecule has 150 valence electrons. The molecule has 0 radical (unpaired) electrons. The van der Waals surface area contributed by atoms with Gasteiger partial charge in [0.1, 0.15) is 28.6 Å². The number of nitriles is 1. The molecule has 8 heteroatoms. The third kappa shape index (κ3) is 3.78. The number of H-pyrrole nitrogens is 1. The standard InChI is InChI=1S/C22H17Br2N5O/c1-2-30-22-17(11-25)18-19(26)29(12-13-3-7-15(23)8-4-13)21(27-20(18)28-22)14-5-9-16(24)10-6-14/h3-10,26,28H,2,12H2,1H3. The highest BCUT2D eigenvalue weighted by molar-refractivity contribution is 9.10. The number of aromatic amines is 1. The predicted octanol–water partition coefficient (Wildman–Crippen LogP) is 5.35. The third-order valence-corrected chi connectivity index (χ3v) is 5.74. The van der Waals surface area contributed by atoms with Gasteiger partial charge in [-0.3, -0.25) is 5.41 Å². The highest BCUT2D eigenvalue weighted by Crippen LogP contribution is 2.27. The first kappa shape index (κ1) is 20.4. The van der Waals surface area contributed by atoms with Gasteiger partial charge in [-0.1, -0.05) is 56.1 Å². The molecule has 0 bridgehead atoms. The van der Waals surface area contributed by atoms with Crippen LogP contribution in [0.25, 0.3) is 22.4 Å². The Morgan fingerprint density at radius 3 is 2.33 bits per heavy atom. The van der Waals surface area contributed by atoms with Gasteiger partial charge in [-0.25, -0.2) is 4.98 Å². The van der Waals surface area contributed by atoms with Crippen LogP contribution >= 0.6 is 31.9 Å². The highest BCUT2D eigenvalue weighted by Gasteiger charge is 2.20. The van der Waals surface area contributed by atoms with Crippen molar-refractivity contribution in [3.05, 3.63) is 74.1 Å². The van der Waals surface area contributed by atoms with E-state index >= 15 is 0 Å². The molecule has 30 heavy (non-hydrogen) atoms. The van der Waals surface area contributed by atoms with E-state index in [9.17, 15) is 5.26 Å². The molecule has 0 aliphatic carbocycles. The van der Waals surface area contributed by atoms with Gasteiger partial charge in [0.15, 0.2) is 0 Å². The van der Waals surface area contributed by atoms with Crippen LogP contribution in [-0.2, 0) is 6.54 Å². The Kier molecular flexibility index (Phi) is 5.75. The lowest BCUT2D eigenvalue weighted by Gasteiger charge is -2.14. The van der Waals surface area contributed by atoms with Gasteiger partial charge in [-0.15, -0.1) is 0 Å². The molecule has 6 nitrogen and oxygen atoms in total. The number of aromatic nitrogens is 3. The lowest BCUT2D eigenvalue weighted by atomic mass is 10.1. The Morgan fingerprint density at radius 2 is 1.73 bits per heavy atom. The van der Waals surface area contributed by atoms with Crippen LogP contribution in [0.4, 0.5) is 0 Å². The first-order chi connectivity index (χ1) is 14.5.